The van der Waals surface area contributed by atoms with Gasteiger partial charge in [0.05, 0.1) is 4.24 Å². The SMILES string of the molecule is C1=CC(=C2Sc3ccc(-c4ccc5cc6ccccc6cc5c4)cc3S2)C=CS1. The van der Waals surface area contributed by atoms with Gasteiger partial charge in [0.2, 0.25) is 0 Å². The number of hydrogen-bond acceptors (Lipinski definition) is 3. The van der Waals surface area contributed by atoms with Crippen molar-refractivity contribution in [1.82, 2.24) is 0 Å². The maximum absolute atomic E-state index is 2.34. The fourth-order valence-electron chi connectivity index (χ4n) is 3.77. The lowest BCUT2D eigenvalue weighted by atomic mass is 9.98. The van der Waals surface area contributed by atoms with Crippen LogP contribution < -0.4 is 0 Å². The van der Waals surface area contributed by atoms with Gasteiger partial charge in [0.1, 0.15) is 0 Å². The van der Waals surface area contributed by atoms with Gasteiger partial charge in [-0.2, -0.15) is 0 Å². The molecular formula is C26H16S3. The number of benzene rings is 4. The molecule has 0 aromatic heterocycles. The number of rotatable bonds is 1. The summed E-state index contributed by atoms with van der Waals surface area (Å²) in [5.41, 5.74) is 3.87. The second-order valence-electron chi connectivity index (χ2n) is 7.11. The van der Waals surface area contributed by atoms with Crippen molar-refractivity contribution in [1.29, 1.82) is 0 Å². The topological polar surface area (TPSA) is 0 Å². The van der Waals surface area contributed by atoms with E-state index in [2.05, 4.69) is 95.8 Å². The Bertz CT molecular complexity index is 1360. The zero-order valence-corrected chi connectivity index (χ0v) is 17.9. The summed E-state index contributed by atoms with van der Waals surface area (Å²) < 4.78 is 1.37. The normalized spacial score (nSPS) is 15.4. The second kappa shape index (κ2) is 7.17. The van der Waals surface area contributed by atoms with Crippen LogP contribution in [0.15, 0.2) is 115 Å². The largest absolute Gasteiger partial charge is 0.106 e. The van der Waals surface area contributed by atoms with Crippen molar-refractivity contribution in [2.24, 2.45) is 0 Å². The molecule has 0 fully saturated rings. The number of allylic oxidation sites excluding steroid dienone is 3. The molecule has 0 atom stereocenters. The lowest BCUT2D eigenvalue weighted by Gasteiger charge is -2.07. The molecule has 0 radical (unpaired) electrons. The molecule has 2 aliphatic rings. The first-order valence-electron chi connectivity index (χ1n) is 9.49. The average Bonchev–Trinajstić information content (AvgIpc) is 3.21. The van der Waals surface area contributed by atoms with Crippen molar-refractivity contribution >= 4 is 56.8 Å². The van der Waals surface area contributed by atoms with Crippen LogP contribution in [0, 0.1) is 0 Å². The van der Waals surface area contributed by atoms with Crippen LogP contribution in [0.1, 0.15) is 0 Å². The zero-order chi connectivity index (χ0) is 19.2. The Morgan fingerprint density at radius 3 is 2.00 bits per heavy atom. The Morgan fingerprint density at radius 2 is 1.17 bits per heavy atom. The highest BCUT2D eigenvalue weighted by Crippen LogP contribution is 2.53. The Morgan fingerprint density at radius 1 is 0.517 bits per heavy atom. The molecule has 0 N–H and O–H groups in total. The molecule has 0 unspecified atom stereocenters. The minimum atomic E-state index is 1.27. The molecule has 0 saturated heterocycles. The zero-order valence-electron chi connectivity index (χ0n) is 15.5. The van der Waals surface area contributed by atoms with Gasteiger partial charge < -0.3 is 0 Å². The standard InChI is InChI=1S/C26H16S3/c1-2-4-19-14-23-15-20(5-6-21(23)13-18(19)3-1)22-7-8-24-25(16-22)29-26(28-24)17-9-11-27-12-10-17/h1-16H. The molecule has 138 valence electrons. The lowest BCUT2D eigenvalue weighted by Crippen LogP contribution is -1.82. The van der Waals surface area contributed by atoms with Crippen molar-refractivity contribution in [3.63, 3.8) is 0 Å². The third-order valence-electron chi connectivity index (χ3n) is 5.28. The highest BCUT2D eigenvalue weighted by atomic mass is 32.2. The Balaban J connectivity index is 1.40. The maximum Gasteiger partial charge on any atom is 0.0572 e. The molecule has 29 heavy (non-hydrogen) atoms. The van der Waals surface area contributed by atoms with E-state index in [4.69, 9.17) is 0 Å². The summed E-state index contributed by atoms with van der Waals surface area (Å²) >= 11 is 5.50. The second-order valence-corrected chi connectivity index (χ2v) is 10.3. The fourth-order valence-corrected chi connectivity index (χ4v) is 6.83. The van der Waals surface area contributed by atoms with E-state index in [9.17, 15) is 0 Å². The molecule has 4 aromatic carbocycles. The first-order chi connectivity index (χ1) is 14.3. The van der Waals surface area contributed by atoms with Gasteiger partial charge in [0, 0.05) is 9.79 Å². The van der Waals surface area contributed by atoms with E-state index in [-0.39, 0.29) is 0 Å². The number of hydrogen-bond donors (Lipinski definition) is 0. The van der Waals surface area contributed by atoms with Gasteiger partial charge in [0.25, 0.3) is 0 Å². The molecule has 0 saturated carbocycles. The van der Waals surface area contributed by atoms with E-state index in [1.54, 1.807) is 11.8 Å². The summed E-state index contributed by atoms with van der Waals surface area (Å²) in [5.74, 6) is 0. The molecule has 2 aliphatic heterocycles. The van der Waals surface area contributed by atoms with Crippen molar-refractivity contribution in [2.45, 2.75) is 9.79 Å². The molecule has 2 heterocycles. The third kappa shape index (κ3) is 3.24. The van der Waals surface area contributed by atoms with Crippen molar-refractivity contribution in [3.05, 3.63) is 106 Å². The molecule has 0 aliphatic carbocycles. The van der Waals surface area contributed by atoms with Crippen LogP contribution in [0.3, 0.4) is 0 Å². The number of thioether (sulfide) groups is 3. The molecule has 0 nitrogen and oxygen atoms in total. The Hall–Kier alpha value is -2.33. The van der Waals surface area contributed by atoms with E-state index < -0.39 is 0 Å². The smallest absolute Gasteiger partial charge is 0.0572 e. The van der Waals surface area contributed by atoms with Crippen molar-refractivity contribution in [3.8, 4) is 11.1 Å². The summed E-state index contributed by atoms with van der Waals surface area (Å²) in [5, 5.41) is 9.47. The highest BCUT2D eigenvalue weighted by molar-refractivity contribution is 8.24. The first-order valence-corrected chi connectivity index (χ1v) is 12.1. The summed E-state index contributed by atoms with van der Waals surface area (Å²) in [7, 11) is 0. The van der Waals surface area contributed by atoms with E-state index in [0.717, 1.165) is 0 Å². The molecule has 0 bridgehead atoms. The molecule has 3 heteroatoms. The molecule has 4 aromatic rings. The third-order valence-corrected chi connectivity index (χ3v) is 8.47. The van der Waals surface area contributed by atoms with Gasteiger partial charge in [-0.15, -0.1) is 11.8 Å². The monoisotopic (exact) mass is 424 g/mol. The van der Waals surface area contributed by atoms with Crippen LogP contribution >= 0.6 is 35.3 Å². The number of fused-ring (bicyclic) bond motifs is 3. The minimum absolute atomic E-state index is 1.27. The van der Waals surface area contributed by atoms with Gasteiger partial charge in [-0.25, -0.2) is 0 Å². The van der Waals surface area contributed by atoms with Gasteiger partial charge in [0.15, 0.2) is 0 Å². The van der Waals surface area contributed by atoms with Crippen LogP contribution in [0.25, 0.3) is 32.7 Å². The van der Waals surface area contributed by atoms with Crippen LogP contribution in [-0.2, 0) is 0 Å². The Labute approximate surface area is 182 Å². The van der Waals surface area contributed by atoms with Crippen LogP contribution in [0.2, 0.25) is 0 Å². The molecule has 0 spiro atoms. The summed E-state index contributed by atoms with van der Waals surface area (Å²) in [4.78, 5) is 2.71. The molecular weight excluding hydrogens is 408 g/mol. The molecule has 0 amide bonds. The van der Waals surface area contributed by atoms with E-state index >= 15 is 0 Å². The molecule has 6 rings (SSSR count). The highest BCUT2D eigenvalue weighted by Gasteiger charge is 2.20. The minimum Gasteiger partial charge on any atom is -0.106 e. The van der Waals surface area contributed by atoms with Crippen molar-refractivity contribution < 1.29 is 0 Å². The van der Waals surface area contributed by atoms with Gasteiger partial charge >= 0.3 is 0 Å². The fraction of sp³-hybridized carbons (Fsp3) is 0. The van der Waals surface area contributed by atoms with Gasteiger partial charge in [-0.05, 0) is 91.5 Å². The summed E-state index contributed by atoms with van der Waals surface area (Å²) in [6, 6.07) is 26.8. The summed E-state index contributed by atoms with van der Waals surface area (Å²) in [6.45, 7) is 0. The van der Waals surface area contributed by atoms with E-state index in [0.29, 0.717) is 0 Å². The quantitative estimate of drug-likeness (QED) is 0.280. The first kappa shape index (κ1) is 17.5. The Kier molecular flexibility index (Phi) is 4.33. The van der Waals surface area contributed by atoms with Gasteiger partial charge in [-0.1, -0.05) is 66.0 Å². The van der Waals surface area contributed by atoms with Crippen LogP contribution in [0.4, 0.5) is 0 Å². The predicted octanol–water partition coefficient (Wildman–Crippen LogP) is 8.84. The average molecular weight is 425 g/mol. The lowest BCUT2D eigenvalue weighted by molar-refractivity contribution is 1.27. The van der Waals surface area contributed by atoms with E-state index in [1.165, 1.54) is 52.3 Å². The van der Waals surface area contributed by atoms with Gasteiger partial charge in [-0.3, -0.25) is 0 Å². The van der Waals surface area contributed by atoms with Crippen molar-refractivity contribution in [2.75, 3.05) is 0 Å². The maximum atomic E-state index is 2.34. The predicted molar refractivity (Wildman–Crippen MR) is 132 cm³/mol. The van der Waals surface area contributed by atoms with Crippen LogP contribution in [-0.4, -0.2) is 0 Å². The summed E-state index contributed by atoms with van der Waals surface area (Å²) in [6.07, 6.45) is 4.42. The van der Waals surface area contributed by atoms with E-state index in [1.807, 2.05) is 23.5 Å². The van der Waals surface area contributed by atoms with Crippen LogP contribution in [0.5, 0.6) is 0 Å².